The molecule has 0 radical (unpaired) electrons. The van der Waals surface area contributed by atoms with Crippen LogP contribution in [0.4, 0.5) is 5.69 Å². The SMILES string of the molecule is COCCCn1c(=O)c2sccc2n2c(CCCC(=O)Nc3ccc(OC)c(Cl)c3)nnc12. The molecule has 0 saturated carbocycles. The Morgan fingerprint density at radius 1 is 1.21 bits per heavy atom. The second kappa shape index (κ2) is 10.3. The van der Waals surface area contributed by atoms with Crippen LogP contribution < -0.4 is 15.6 Å². The maximum absolute atomic E-state index is 12.9. The molecular formula is C22H24ClN5O4S. The highest BCUT2D eigenvalue weighted by Crippen LogP contribution is 2.27. The van der Waals surface area contributed by atoms with E-state index in [-0.39, 0.29) is 11.5 Å². The Bertz CT molecular complexity index is 1350. The summed E-state index contributed by atoms with van der Waals surface area (Å²) in [7, 11) is 3.17. The number of methoxy groups -OCH3 is 2. The first kappa shape index (κ1) is 23.2. The van der Waals surface area contributed by atoms with Gasteiger partial charge in [-0.3, -0.25) is 18.6 Å². The van der Waals surface area contributed by atoms with Gasteiger partial charge in [0.25, 0.3) is 5.56 Å². The third-order valence-electron chi connectivity index (χ3n) is 5.25. The Morgan fingerprint density at radius 3 is 2.82 bits per heavy atom. The first-order valence-electron chi connectivity index (χ1n) is 10.5. The monoisotopic (exact) mass is 489 g/mol. The first-order chi connectivity index (χ1) is 16.0. The topological polar surface area (TPSA) is 99.8 Å². The molecule has 0 bridgehead atoms. The lowest BCUT2D eigenvalue weighted by Crippen LogP contribution is -2.23. The van der Waals surface area contributed by atoms with E-state index in [1.54, 1.807) is 29.9 Å². The molecule has 33 heavy (non-hydrogen) atoms. The average Bonchev–Trinajstić information content (AvgIpc) is 3.44. The van der Waals surface area contributed by atoms with E-state index in [0.29, 0.717) is 71.6 Å². The van der Waals surface area contributed by atoms with Gasteiger partial charge >= 0.3 is 0 Å². The minimum absolute atomic E-state index is 0.0694. The Hall–Kier alpha value is -2.95. The van der Waals surface area contributed by atoms with Crippen LogP contribution in [-0.4, -0.2) is 45.9 Å². The van der Waals surface area contributed by atoms with Crippen LogP contribution in [0.3, 0.4) is 0 Å². The van der Waals surface area contributed by atoms with Gasteiger partial charge in [0.2, 0.25) is 11.7 Å². The molecular weight excluding hydrogens is 466 g/mol. The predicted octanol–water partition coefficient (Wildman–Crippen LogP) is 3.77. The molecule has 0 unspecified atom stereocenters. The zero-order chi connectivity index (χ0) is 23.4. The lowest BCUT2D eigenvalue weighted by Gasteiger charge is -2.09. The fourth-order valence-electron chi connectivity index (χ4n) is 3.69. The van der Waals surface area contributed by atoms with Gasteiger partial charge in [-0.15, -0.1) is 21.5 Å². The van der Waals surface area contributed by atoms with Gasteiger partial charge in [0.05, 0.1) is 17.6 Å². The Morgan fingerprint density at radius 2 is 2.06 bits per heavy atom. The number of hydrogen-bond donors (Lipinski definition) is 1. The second-order valence-corrected chi connectivity index (χ2v) is 8.76. The summed E-state index contributed by atoms with van der Waals surface area (Å²) in [6, 6.07) is 7.00. The number of amides is 1. The van der Waals surface area contributed by atoms with Crippen molar-refractivity contribution in [2.24, 2.45) is 0 Å². The van der Waals surface area contributed by atoms with Crippen molar-refractivity contribution in [3.63, 3.8) is 0 Å². The summed E-state index contributed by atoms with van der Waals surface area (Å²) in [4.78, 5) is 25.3. The summed E-state index contributed by atoms with van der Waals surface area (Å²) in [6.45, 7) is 1.05. The lowest BCUT2D eigenvalue weighted by molar-refractivity contribution is -0.116. The number of hydrogen-bond acceptors (Lipinski definition) is 7. The van der Waals surface area contributed by atoms with Gasteiger partial charge in [0.15, 0.2) is 0 Å². The average molecular weight is 490 g/mol. The maximum atomic E-state index is 12.9. The Kier molecular flexibility index (Phi) is 7.26. The summed E-state index contributed by atoms with van der Waals surface area (Å²) in [5, 5.41) is 13.8. The molecule has 0 fully saturated rings. The molecule has 3 aromatic heterocycles. The molecule has 0 saturated heterocycles. The van der Waals surface area contributed by atoms with E-state index in [1.807, 2.05) is 15.8 Å². The van der Waals surface area contributed by atoms with Crippen molar-refractivity contribution in [3.05, 3.63) is 50.8 Å². The zero-order valence-electron chi connectivity index (χ0n) is 18.3. The number of ether oxygens (including phenoxy) is 2. The molecule has 4 aromatic rings. The summed E-state index contributed by atoms with van der Waals surface area (Å²) in [6.07, 6.45) is 2.11. The number of fused-ring (bicyclic) bond motifs is 3. The molecule has 1 aromatic carbocycles. The number of anilines is 1. The van der Waals surface area contributed by atoms with Crippen LogP contribution in [0.2, 0.25) is 5.02 Å². The van der Waals surface area contributed by atoms with E-state index in [0.717, 1.165) is 5.52 Å². The molecule has 1 N–H and O–H groups in total. The highest BCUT2D eigenvalue weighted by molar-refractivity contribution is 7.17. The summed E-state index contributed by atoms with van der Waals surface area (Å²) < 4.78 is 14.5. The minimum Gasteiger partial charge on any atom is -0.495 e. The molecule has 0 aliphatic carbocycles. The Balaban J connectivity index is 1.48. The van der Waals surface area contributed by atoms with Crippen LogP contribution in [-0.2, 0) is 22.5 Å². The molecule has 11 heteroatoms. The first-order valence-corrected chi connectivity index (χ1v) is 11.8. The third-order valence-corrected chi connectivity index (χ3v) is 6.44. The van der Waals surface area contributed by atoms with Crippen LogP contribution in [0.25, 0.3) is 16.0 Å². The molecule has 174 valence electrons. The molecule has 9 nitrogen and oxygen atoms in total. The van der Waals surface area contributed by atoms with Crippen LogP contribution in [0.1, 0.15) is 25.1 Å². The van der Waals surface area contributed by atoms with Crippen LogP contribution in [0, 0.1) is 0 Å². The number of benzene rings is 1. The van der Waals surface area contributed by atoms with E-state index in [9.17, 15) is 9.59 Å². The summed E-state index contributed by atoms with van der Waals surface area (Å²) >= 11 is 7.52. The van der Waals surface area contributed by atoms with Gasteiger partial charge in [-0.25, -0.2) is 0 Å². The number of halogens is 1. The number of aromatic nitrogens is 4. The van der Waals surface area contributed by atoms with Gasteiger partial charge in [0.1, 0.15) is 16.3 Å². The second-order valence-electron chi connectivity index (χ2n) is 7.44. The number of aryl methyl sites for hydroxylation is 2. The number of carbonyl (C=O) groups is 1. The summed E-state index contributed by atoms with van der Waals surface area (Å²) in [5.41, 5.74) is 1.33. The number of carbonyl (C=O) groups excluding carboxylic acids is 1. The molecule has 0 atom stereocenters. The number of rotatable bonds is 10. The fraction of sp³-hybridized carbons (Fsp3) is 0.364. The number of thiophene rings is 1. The van der Waals surface area contributed by atoms with Crippen LogP contribution in [0.5, 0.6) is 5.75 Å². The van der Waals surface area contributed by atoms with Crippen LogP contribution in [0.15, 0.2) is 34.4 Å². The lowest BCUT2D eigenvalue weighted by atomic mass is 10.2. The van der Waals surface area contributed by atoms with Crippen molar-refractivity contribution in [1.82, 2.24) is 19.2 Å². The highest BCUT2D eigenvalue weighted by Gasteiger charge is 2.17. The van der Waals surface area contributed by atoms with Gasteiger partial charge in [-0.1, -0.05) is 11.6 Å². The standard InChI is InChI=1S/C22H24ClN5O4S/c1-31-11-4-10-27-21(30)20-16(9-12-33-20)28-18(25-26-22(27)28)5-3-6-19(29)24-14-7-8-17(32-2)15(23)13-14/h7-9,12-13H,3-6,10-11H2,1-2H3,(H,24,29). The van der Waals surface area contributed by atoms with Crippen molar-refractivity contribution in [2.45, 2.75) is 32.2 Å². The third kappa shape index (κ3) is 4.87. The van der Waals surface area contributed by atoms with Gasteiger partial charge in [-0.2, -0.15) is 0 Å². The molecule has 3 heterocycles. The minimum atomic E-state index is -0.123. The molecule has 0 spiro atoms. The van der Waals surface area contributed by atoms with Crippen molar-refractivity contribution < 1.29 is 14.3 Å². The van der Waals surface area contributed by atoms with E-state index < -0.39 is 0 Å². The number of nitrogens with one attached hydrogen (secondary N) is 1. The fourth-order valence-corrected chi connectivity index (χ4v) is 4.77. The largest absolute Gasteiger partial charge is 0.495 e. The quantitative estimate of drug-likeness (QED) is 0.340. The normalized spacial score (nSPS) is 11.4. The van der Waals surface area contributed by atoms with E-state index in [4.69, 9.17) is 21.1 Å². The van der Waals surface area contributed by atoms with E-state index in [1.165, 1.54) is 18.4 Å². The van der Waals surface area contributed by atoms with Crippen molar-refractivity contribution in [1.29, 1.82) is 0 Å². The van der Waals surface area contributed by atoms with Crippen LogP contribution >= 0.6 is 22.9 Å². The molecule has 0 aliphatic heterocycles. The molecule has 1 amide bonds. The smallest absolute Gasteiger partial charge is 0.272 e. The number of nitrogens with zero attached hydrogens (tertiary/aromatic N) is 4. The van der Waals surface area contributed by atoms with E-state index >= 15 is 0 Å². The van der Waals surface area contributed by atoms with Crippen molar-refractivity contribution >= 4 is 50.5 Å². The van der Waals surface area contributed by atoms with Gasteiger partial charge < -0.3 is 14.8 Å². The van der Waals surface area contributed by atoms with Gasteiger partial charge in [0, 0.05) is 38.8 Å². The highest BCUT2D eigenvalue weighted by atomic mass is 35.5. The maximum Gasteiger partial charge on any atom is 0.272 e. The van der Waals surface area contributed by atoms with E-state index in [2.05, 4.69) is 15.5 Å². The summed E-state index contributed by atoms with van der Waals surface area (Å²) in [5.74, 6) is 1.65. The van der Waals surface area contributed by atoms with Gasteiger partial charge in [-0.05, 0) is 42.5 Å². The molecule has 4 rings (SSSR count). The predicted molar refractivity (Wildman–Crippen MR) is 129 cm³/mol. The van der Waals surface area contributed by atoms with Crippen molar-refractivity contribution in [2.75, 3.05) is 26.1 Å². The van der Waals surface area contributed by atoms with Crippen molar-refractivity contribution in [3.8, 4) is 5.75 Å². The zero-order valence-corrected chi connectivity index (χ0v) is 19.9. The molecule has 0 aliphatic rings. The Labute approximate surface area is 198 Å².